The molecular weight excluding hydrogens is 367 g/mol. The lowest BCUT2D eigenvalue weighted by molar-refractivity contribution is -0.130. The van der Waals surface area contributed by atoms with Gasteiger partial charge < -0.3 is 15.5 Å². The summed E-state index contributed by atoms with van der Waals surface area (Å²) in [6.07, 6.45) is 0.875. The van der Waals surface area contributed by atoms with Crippen molar-refractivity contribution in [1.29, 1.82) is 0 Å². The minimum absolute atomic E-state index is 0.00531. The number of hydrogen-bond acceptors (Lipinski definition) is 2. The number of nitrogens with one attached hydrogen (secondary N) is 2. The zero-order valence-corrected chi connectivity index (χ0v) is 17.3. The van der Waals surface area contributed by atoms with E-state index in [1.807, 2.05) is 36.9 Å². The van der Waals surface area contributed by atoms with Crippen LogP contribution in [0, 0.1) is 12.7 Å². The maximum atomic E-state index is 13.9. The first-order valence-electron chi connectivity index (χ1n) is 10.1. The van der Waals surface area contributed by atoms with Crippen LogP contribution >= 0.6 is 0 Å². The van der Waals surface area contributed by atoms with Gasteiger partial charge in [-0.05, 0) is 55.5 Å². The second-order valence-corrected chi connectivity index (χ2v) is 7.40. The molecule has 6 heteroatoms. The van der Waals surface area contributed by atoms with Crippen LogP contribution in [0.25, 0.3) is 0 Å². The molecule has 5 nitrogen and oxygen atoms in total. The molecule has 3 rings (SSSR count). The molecule has 1 amide bonds. The molecule has 1 unspecified atom stereocenters. The SMILES string of the molecule is CCNC(=NCC(=O)N1CCc2ccccc2C1)NC(C)c1ccc(C)c(F)c1. The van der Waals surface area contributed by atoms with Crippen molar-refractivity contribution in [3.8, 4) is 0 Å². The molecule has 1 heterocycles. The Bertz CT molecular complexity index is 896. The molecule has 0 saturated carbocycles. The summed E-state index contributed by atoms with van der Waals surface area (Å²) < 4.78 is 13.9. The predicted molar refractivity (Wildman–Crippen MR) is 114 cm³/mol. The van der Waals surface area contributed by atoms with Crippen LogP contribution in [0.5, 0.6) is 0 Å². The van der Waals surface area contributed by atoms with Crippen LogP contribution in [0.15, 0.2) is 47.5 Å². The number of carbonyl (C=O) groups is 1. The normalized spacial score (nSPS) is 14.9. The summed E-state index contributed by atoms with van der Waals surface area (Å²) in [5.74, 6) is 0.330. The molecule has 0 aromatic heterocycles. The van der Waals surface area contributed by atoms with Gasteiger partial charge in [-0.3, -0.25) is 4.79 Å². The van der Waals surface area contributed by atoms with E-state index in [-0.39, 0.29) is 24.3 Å². The number of benzene rings is 2. The molecule has 1 aliphatic rings. The van der Waals surface area contributed by atoms with Crippen molar-refractivity contribution in [2.75, 3.05) is 19.6 Å². The quantitative estimate of drug-likeness (QED) is 0.602. The third-order valence-corrected chi connectivity index (χ3v) is 5.25. The molecule has 2 aromatic carbocycles. The highest BCUT2D eigenvalue weighted by atomic mass is 19.1. The molecule has 0 fully saturated rings. The summed E-state index contributed by atoms with van der Waals surface area (Å²) in [5, 5.41) is 6.41. The van der Waals surface area contributed by atoms with Crippen molar-refractivity contribution < 1.29 is 9.18 Å². The minimum Gasteiger partial charge on any atom is -0.357 e. The number of nitrogens with zero attached hydrogens (tertiary/aromatic N) is 2. The van der Waals surface area contributed by atoms with E-state index in [0.717, 1.165) is 12.0 Å². The van der Waals surface area contributed by atoms with Crippen LogP contribution in [0.4, 0.5) is 4.39 Å². The second-order valence-electron chi connectivity index (χ2n) is 7.40. The molecule has 29 heavy (non-hydrogen) atoms. The smallest absolute Gasteiger partial charge is 0.244 e. The lowest BCUT2D eigenvalue weighted by Gasteiger charge is -2.28. The Morgan fingerprint density at radius 3 is 2.72 bits per heavy atom. The van der Waals surface area contributed by atoms with Crippen LogP contribution in [-0.2, 0) is 17.8 Å². The molecule has 1 atom stereocenters. The van der Waals surface area contributed by atoms with Gasteiger partial charge in [0.25, 0.3) is 0 Å². The lowest BCUT2D eigenvalue weighted by atomic mass is 10.00. The molecular formula is C23H29FN4O. The highest BCUT2D eigenvalue weighted by Gasteiger charge is 2.20. The molecule has 0 bridgehead atoms. The average Bonchev–Trinajstić information content (AvgIpc) is 2.73. The molecule has 0 radical (unpaired) electrons. The Morgan fingerprint density at radius 1 is 1.24 bits per heavy atom. The fraction of sp³-hybridized carbons (Fsp3) is 0.391. The number of rotatable bonds is 5. The summed E-state index contributed by atoms with van der Waals surface area (Å²) in [6.45, 7) is 7.75. The van der Waals surface area contributed by atoms with Crippen LogP contribution in [0.3, 0.4) is 0 Å². The highest BCUT2D eigenvalue weighted by Crippen LogP contribution is 2.19. The summed E-state index contributed by atoms with van der Waals surface area (Å²) >= 11 is 0. The van der Waals surface area contributed by atoms with E-state index in [1.165, 1.54) is 17.2 Å². The zero-order chi connectivity index (χ0) is 20.8. The fourth-order valence-corrected chi connectivity index (χ4v) is 3.44. The van der Waals surface area contributed by atoms with Gasteiger partial charge in [-0.1, -0.05) is 36.4 Å². The van der Waals surface area contributed by atoms with Crippen LogP contribution in [0.2, 0.25) is 0 Å². The van der Waals surface area contributed by atoms with Crippen molar-refractivity contribution in [1.82, 2.24) is 15.5 Å². The van der Waals surface area contributed by atoms with Gasteiger partial charge in [-0.15, -0.1) is 0 Å². The van der Waals surface area contributed by atoms with Gasteiger partial charge in [-0.2, -0.15) is 0 Å². The average molecular weight is 397 g/mol. The van der Waals surface area contributed by atoms with E-state index in [9.17, 15) is 9.18 Å². The molecule has 154 valence electrons. The number of guanidine groups is 1. The summed E-state index contributed by atoms with van der Waals surface area (Å²) in [6, 6.07) is 13.3. The number of fused-ring (bicyclic) bond motifs is 1. The Balaban J connectivity index is 1.62. The van der Waals surface area contributed by atoms with Gasteiger partial charge in [0.1, 0.15) is 12.4 Å². The number of hydrogen-bond donors (Lipinski definition) is 2. The van der Waals surface area contributed by atoms with Crippen molar-refractivity contribution in [3.05, 3.63) is 70.5 Å². The van der Waals surface area contributed by atoms with Gasteiger partial charge >= 0.3 is 0 Å². The molecule has 2 aromatic rings. The van der Waals surface area contributed by atoms with Crippen molar-refractivity contribution >= 4 is 11.9 Å². The van der Waals surface area contributed by atoms with Crippen LogP contribution < -0.4 is 10.6 Å². The summed E-state index contributed by atoms with van der Waals surface area (Å²) in [7, 11) is 0. The first-order chi connectivity index (χ1) is 14.0. The van der Waals surface area contributed by atoms with E-state index in [0.29, 0.717) is 31.2 Å². The monoisotopic (exact) mass is 396 g/mol. The third-order valence-electron chi connectivity index (χ3n) is 5.25. The van der Waals surface area contributed by atoms with Gasteiger partial charge in [0, 0.05) is 19.6 Å². The van der Waals surface area contributed by atoms with E-state index in [1.54, 1.807) is 13.0 Å². The van der Waals surface area contributed by atoms with E-state index < -0.39 is 0 Å². The van der Waals surface area contributed by atoms with E-state index >= 15 is 0 Å². The maximum Gasteiger partial charge on any atom is 0.244 e. The number of amides is 1. The predicted octanol–water partition coefficient (Wildman–Crippen LogP) is 3.34. The van der Waals surface area contributed by atoms with Gasteiger partial charge in [-0.25, -0.2) is 9.38 Å². The number of aliphatic imine (C=N–C) groups is 1. The van der Waals surface area contributed by atoms with Gasteiger partial charge in [0.05, 0.1) is 6.04 Å². The summed E-state index contributed by atoms with van der Waals surface area (Å²) in [4.78, 5) is 19.0. The molecule has 1 aliphatic heterocycles. The molecule has 2 N–H and O–H groups in total. The van der Waals surface area contributed by atoms with Crippen molar-refractivity contribution in [3.63, 3.8) is 0 Å². The molecule has 0 aliphatic carbocycles. The lowest BCUT2D eigenvalue weighted by Crippen LogP contribution is -2.41. The van der Waals surface area contributed by atoms with Crippen LogP contribution in [-0.4, -0.2) is 36.4 Å². The van der Waals surface area contributed by atoms with Gasteiger partial charge in [0.2, 0.25) is 5.91 Å². The number of halogens is 1. The Labute approximate surface area is 172 Å². The van der Waals surface area contributed by atoms with E-state index in [2.05, 4.69) is 27.8 Å². The maximum absolute atomic E-state index is 13.9. The first-order valence-corrected chi connectivity index (χ1v) is 10.1. The minimum atomic E-state index is -0.223. The van der Waals surface area contributed by atoms with Gasteiger partial charge in [0.15, 0.2) is 5.96 Å². The van der Waals surface area contributed by atoms with Crippen LogP contribution in [0.1, 0.15) is 42.1 Å². The molecule has 0 spiro atoms. The fourth-order valence-electron chi connectivity index (χ4n) is 3.44. The van der Waals surface area contributed by atoms with E-state index in [4.69, 9.17) is 0 Å². The Hall–Kier alpha value is -2.89. The van der Waals surface area contributed by atoms with Crippen molar-refractivity contribution in [2.24, 2.45) is 4.99 Å². The molecule has 0 saturated heterocycles. The Kier molecular flexibility index (Phi) is 6.86. The Morgan fingerprint density at radius 2 is 2.00 bits per heavy atom. The summed E-state index contributed by atoms with van der Waals surface area (Å²) in [5.41, 5.74) is 3.97. The topological polar surface area (TPSA) is 56.7 Å². The third kappa shape index (κ3) is 5.34. The standard InChI is InChI=1S/C23H29FN4O/c1-4-25-23(27-17(3)19-10-9-16(2)21(24)13-19)26-14-22(29)28-12-11-18-7-5-6-8-20(18)15-28/h5-10,13,17H,4,11-12,14-15H2,1-3H3,(H2,25,26,27). The first kappa shape index (κ1) is 20.8. The highest BCUT2D eigenvalue weighted by molar-refractivity contribution is 5.85. The zero-order valence-electron chi connectivity index (χ0n) is 17.3. The number of carbonyl (C=O) groups excluding carboxylic acids is 1. The van der Waals surface area contributed by atoms with Crippen molar-refractivity contribution in [2.45, 2.75) is 39.8 Å². The largest absolute Gasteiger partial charge is 0.357 e. The second kappa shape index (κ2) is 9.54. The number of aryl methyl sites for hydroxylation is 1.